The van der Waals surface area contributed by atoms with E-state index in [-0.39, 0.29) is 18.3 Å². The number of hydrogen-bond acceptors (Lipinski definition) is 3. The molecule has 0 atom stereocenters. The second-order valence-electron chi connectivity index (χ2n) is 5.54. The number of fused-ring (bicyclic) bond motifs is 1. The maximum absolute atomic E-state index is 12.5. The molecular formula is C15H19ClN4O. The summed E-state index contributed by atoms with van der Waals surface area (Å²) in [6.45, 7) is 3.96. The zero-order valence-corrected chi connectivity index (χ0v) is 12.9. The van der Waals surface area contributed by atoms with E-state index >= 15 is 0 Å². The van der Waals surface area contributed by atoms with E-state index in [1.165, 1.54) is 6.42 Å². The third kappa shape index (κ3) is 2.88. The molecule has 5 nitrogen and oxygen atoms in total. The van der Waals surface area contributed by atoms with E-state index in [9.17, 15) is 4.79 Å². The summed E-state index contributed by atoms with van der Waals surface area (Å²) in [5.74, 6) is 1.11. The summed E-state index contributed by atoms with van der Waals surface area (Å²) in [5.41, 5.74) is 2.59. The Bertz CT molecular complexity index is 661. The number of imidazole rings is 1. The van der Waals surface area contributed by atoms with E-state index in [4.69, 9.17) is 11.6 Å². The molecule has 0 unspecified atom stereocenters. The second kappa shape index (κ2) is 6.02. The van der Waals surface area contributed by atoms with Crippen molar-refractivity contribution in [2.24, 2.45) is 0 Å². The van der Waals surface area contributed by atoms with Crippen molar-refractivity contribution in [3.05, 3.63) is 23.7 Å². The maximum Gasteiger partial charge on any atom is 0.242 e. The Morgan fingerprint density at radius 2 is 2.10 bits per heavy atom. The molecular weight excluding hydrogens is 288 g/mol. The van der Waals surface area contributed by atoms with Crippen molar-refractivity contribution in [2.75, 3.05) is 13.1 Å². The van der Waals surface area contributed by atoms with Gasteiger partial charge in [-0.3, -0.25) is 4.79 Å². The number of aryl methyl sites for hydroxylation is 1. The summed E-state index contributed by atoms with van der Waals surface area (Å²) >= 11 is 5.98. The van der Waals surface area contributed by atoms with Gasteiger partial charge in [-0.2, -0.15) is 0 Å². The average molecular weight is 307 g/mol. The van der Waals surface area contributed by atoms with Gasteiger partial charge in [-0.1, -0.05) is 0 Å². The lowest BCUT2D eigenvalue weighted by molar-refractivity contribution is -0.132. The van der Waals surface area contributed by atoms with Crippen molar-refractivity contribution in [1.82, 2.24) is 19.4 Å². The highest BCUT2D eigenvalue weighted by Crippen LogP contribution is 2.18. The van der Waals surface area contributed by atoms with E-state index in [0.717, 1.165) is 42.7 Å². The summed E-state index contributed by atoms with van der Waals surface area (Å²) in [6, 6.07) is 1.97. The molecule has 0 bridgehead atoms. The highest BCUT2D eigenvalue weighted by molar-refractivity contribution is 6.16. The number of pyridine rings is 1. The van der Waals surface area contributed by atoms with Gasteiger partial charge in [-0.25, -0.2) is 9.97 Å². The molecule has 0 radical (unpaired) electrons. The van der Waals surface area contributed by atoms with E-state index in [0.29, 0.717) is 5.82 Å². The van der Waals surface area contributed by atoms with Crippen molar-refractivity contribution >= 4 is 28.7 Å². The minimum atomic E-state index is 0.128. The quantitative estimate of drug-likeness (QED) is 0.819. The Morgan fingerprint density at radius 1 is 1.33 bits per heavy atom. The fraction of sp³-hybridized carbons (Fsp3) is 0.533. The smallest absolute Gasteiger partial charge is 0.242 e. The van der Waals surface area contributed by atoms with Crippen molar-refractivity contribution in [1.29, 1.82) is 0 Å². The van der Waals surface area contributed by atoms with Gasteiger partial charge in [0.1, 0.15) is 17.9 Å². The van der Waals surface area contributed by atoms with Crippen LogP contribution in [0.3, 0.4) is 0 Å². The third-order valence-electron chi connectivity index (χ3n) is 3.92. The topological polar surface area (TPSA) is 51.0 Å². The van der Waals surface area contributed by atoms with E-state index < -0.39 is 0 Å². The summed E-state index contributed by atoms with van der Waals surface area (Å²) < 4.78 is 1.85. The van der Waals surface area contributed by atoms with Crippen molar-refractivity contribution in [2.45, 2.75) is 38.6 Å². The van der Waals surface area contributed by atoms with Gasteiger partial charge in [0.2, 0.25) is 5.91 Å². The standard InChI is InChI=1S/C15H19ClN4O/c1-11-7-12-15(17-9-11)20(13(8-16)18-12)10-14(21)19-5-3-2-4-6-19/h7,9H,2-6,8,10H2,1H3. The number of halogens is 1. The maximum atomic E-state index is 12.5. The normalized spacial score (nSPS) is 15.6. The van der Waals surface area contributed by atoms with Crippen LogP contribution in [0.15, 0.2) is 12.3 Å². The van der Waals surface area contributed by atoms with Crippen LogP contribution < -0.4 is 0 Å². The van der Waals surface area contributed by atoms with Crippen LogP contribution >= 0.6 is 11.6 Å². The number of piperidine rings is 1. The molecule has 112 valence electrons. The fourth-order valence-electron chi connectivity index (χ4n) is 2.81. The van der Waals surface area contributed by atoms with Gasteiger partial charge in [-0.05, 0) is 37.8 Å². The van der Waals surface area contributed by atoms with Gasteiger partial charge in [0.05, 0.1) is 5.88 Å². The molecule has 3 heterocycles. The Morgan fingerprint density at radius 3 is 2.81 bits per heavy atom. The molecule has 1 aliphatic heterocycles. The van der Waals surface area contributed by atoms with Gasteiger partial charge in [0.25, 0.3) is 0 Å². The first kappa shape index (κ1) is 14.3. The van der Waals surface area contributed by atoms with Crippen molar-refractivity contribution in [3.63, 3.8) is 0 Å². The summed E-state index contributed by atoms with van der Waals surface area (Å²) in [7, 11) is 0. The summed E-state index contributed by atoms with van der Waals surface area (Å²) in [5, 5.41) is 0. The first-order chi connectivity index (χ1) is 10.2. The van der Waals surface area contributed by atoms with Gasteiger partial charge < -0.3 is 9.47 Å². The number of carbonyl (C=O) groups is 1. The average Bonchev–Trinajstić information content (AvgIpc) is 2.85. The molecule has 2 aromatic rings. The van der Waals surface area contributed by atoms with E-state index in [2.05, 4.69) is 9.97 Å². The first-order valence-electron chi connectivity index (χ1n) is 7.34. The Balaban J connectivity index is 1.89. The number of aromatic nitrogens is 3. The highest BCUT2D eigenvalue weighted by Gasteiger charge is 2.20. The lowest BCUT2D eigenvalue weighted by atomic mass is 10.1. The lowest BCUT2D eigenvalue weighted by Gasteiger charge is -2.27. The van der Waals surface area contributed by atoms with Gasteiger partial charge >= 0.3 is 0 Å². The van der Waals surface area contributed by atoms with E-state index in [1.807, 2.05) is 22.5 Å². The van der Waals surface area contributed by atoms with Crippen LogP contribution in [-0.4, -0.2) is 38.4 Å². The second-order valence-corrected chi connectivity index (χ2v) is 5.81. The molecule has 0 spiro atoms. The predicted octanol–water partition coefficient (Wildman–Crippen LogP) is 2.49. The van der Waals surface area contributed by atoms with Crippen LogP contribution in [0, 0.1) is 6.92 Å². The number of amides is 1. The molecule has 1 saturated heterocycles. The van der Waals surface area contributed by atoms with Gasteiger partial charge in [0.15, 0.2) is 5.65 Å². The van der Waals surface area contributed by atoms with Crippen molar-refractivity contribution in [3.8, 4) is 0 Å². The van der Waals surface area contributed by atoms with Crippen LogP contribution in [-0.2, 0) is 17.2 Å². The van der Waals surface area contributed by atoms with Crippen LogP contribution in [0.5, 0.6) is 0 Å². The molecule has 2 aromatic heterocycles. The zero-order chi connectivity index (χ0) is 14.8. The zero-order valence-electron chi connectivity index (χ0n) is 12.2. The van der Waals surface area contributed by atoms with Crippen molar-refractivity contribution < 1.29 is 4.79 Å². The fourth-order valence-corrected chi connectivity index (χ4v) is 3.01. The monoisotopic (exact) mass is 306 g/mol. The highest BCUT2D eigenvalue weighted by atomic mass is 35.5. The lowest BCUT2D eigenvalue weighted by Crippen LogP contribution is -2.38. The van der Waals surface area contributed by atoms with Crippen LogP contribution in [0.25, 0.3) is 11.2 Å². The largest absolute Gasteiger partial charge is 0.341 e. The Labute approximate surface area is 128 Å². The molecule has 0 N–H and O–H groups in total. The summed E-state index contributed by atoms with van der Waals surface area (Å²) in [6.07, 6.45) is 5.20. The Kier molecular flexibility index (Phi) is 4.10. The van der Waals surface area contributed by atoms with Crippen LogP contribution in [0.4, 0.5) is 0 Å². The molecule has 1 fully saturated rings. The minimum absolute atomic E-state index is 0.128. The van der Waals surface area contributed by atoms with E-state index in [1.54, 1.807) is 6.20 Å². The molecule has 0 aromatic carbocycles. The van der Waals surface area contributed by atoms with Crippen LogP contribution in [0.1, 0.15) is 30.7 Å². The molecule has 1 aliphatic rings. The first-order valence-corrected chi connectivity index (χ1v) is 7.88. The number of hydrogen-bond donors (Lipinski definition) is 0. The Hall–Kier alpha value is -1.62. The number of likely N-dealkylation sites (tertiary alicyclic amines) is 1. The third-order valence-corrected chi connectivity index (χ3v) is 4.16. The number of carbonyl (C=O) groups excluding carboxylic acids is 1. The predicted molar refractivity (Wildman–Crippen MR) is 82.3 cm³/mol. The molecule has 0 aliphatic carbocycles. The molecule has 3 rings (SSSR count). The summed E-state index contributed by atoms with van der Waals surface area (Å²) in [4.78, 5) is 23.3. The number of alkyl halides is 1. The minimum Gasteiger partial charge on any atom is -0.341 e. The molecule has 0 saturated carbocycles. The molecule has 1 amide bonds. The number of nitrogens with zero attached hydrogens (tertiary/aromatic N) is 4. The van der Waals surface area contributed by atoms with Gasteiger partial charge in [-0.15, -0.1) is 11.6 Å². The van der Waals surface area contributed by atoms with Crippen LogP contribution in [0.2, 0.25) is 0 Å². The molecule has 6 heteroatoms. The van der Waals surface area contributed by atoms with Gasteiger partial charge in [0, 0.05) is 19.3 Å². The molecule has 21 heavy (non-hydrogen) atoms. The number of rotatable bonds is 3. The SMILES string of the molecule is Cc1cnc2c(c1)nc(CCl)n2CC(=O)N1CCCCC1.